The van der Waals surface area contributed by atoms with E-state index in [1.165, 1.54) is 26.2 Å². The third-order valence-electron chi connectivity index (χ3n) is 4.56. The van der Waals surface area contributed by atoms with E-state index in [0.717, 1.165) is 15.4 Å². The highest BCUT2D eigenvalue weighted by Crippen LogP contribution is 2.29. The van der Waals surface area contributed by atoms with Gasteiger partial charge in [0.2, 0.25) is 10.0 Å². The molecule has 1 heterocycles. The number of aryl methyl sites for hydroxylation is 2. The number of nitro benzene ring substituents is 1. The van der Waals surface area contributed by atoms with Crippen LogP contribution in [-0.2, 0) is 23.2 Å². The van der Waals surface area contributed by atoms with Crippen molar-refractivity contribution in [1.29, 1.82) is 0 Å². The number of aromatic nitrogens is 2. The maximum Gasteiger partial charge on any atom is 0.310 e. The predicted molar refractivity (Wildman–Crippen MR) is 108 cm³/mol. The summed E-state index contributed by atoms with van der Waals surface area (Å²) in [6, 6.07) is 9.45. The number of hydrogen-bond donors (Lipinski definition) is 0. The van der Waals surface area contributed by atoms with Gasteiger partial charge in [-0.05, 0) is 43.7 Å². The number of sulfonamides is 1. The van der Waals surface area contributed by atoms with Crippen molar-refractivity contribution in [3.05, 3.63) is 57.9 Å². The zero-order valence-corrected chi connectivity index (χ0v) is 17.4. The molecule has 0 aliphatic heterocycles. The van der Waals surface area contributed by atoms with Gasteiger partial charge in [0.25, 0.3) is 0 Å². The van der Waals surface area contributed by atoms with Crippen molar-refractivity contribution in [1.82, 2.24) is 13.9 Å². The minimum absolute atomic E-state index is 0.0164. The van der Waals surface area contributed by atoms with Crippen molar-refractivity contribution in [2.75, 3.05) is 14.1 Å². The summed E-state index contributed by atoms with van der Waals surface area (Å²) in [5.74, 6) is 0.721. The van der Waals surface area contributed by atoms with Crippen LogP contribution in [0.2, 0.25) is 0 Å². The Bertz CT molecular complexity index is 1180. The third kappa shape index (κ3) is 3.94. The van der Waals surface area contributed by atoms with Crippen LogP contribution >= 0.6 is 0 Å². The molecule has 0 amide bonds. The van der Waals surface area contributed by atoms with Crippen molar-refractivity contribution >= 4 is 26.7 Å². The first-order chi connectivity index (χ1) is 13.6. The van der Waals surface area contributed by atoms with Gasteiger partial charge in [0.15, 0.2) is 5.75 Å². The van der Waals surface area contributed by atoms with Gasteiger partial charge in [-0.2, -0.15) is 0 Å². The van der Waals surface area contributed by atoms with Crippen molar-refractivity contribution in [3.63, 3.8) is 0 Å². The lowest BCUT2D eigenvalue weighted by Crippen LogP contribution is -2.22. The van der Waals surface area contributed by atoms with Gasteiger partial charge in [0.05, 0.1) is 20.9 Å². The van der Waals surface area contributed by atoms with Gasteiger partial charge in [-0.25, -0.2) is 17.7 Å². The smallest absolute Gasteiger partial charge is 0.310 e. The molecule has 0 aliphatic carbocycles. The van der Waals surface area contributed by atoms with Gasteiger partial charge in [-0.1, -0.05) is 6.07 Å². The zero-order chi connectivity index (χ0) is 21.3. The van der Waals surface area contributed by atoms with Crippen molar-refractivity contribution < 1.29 is 18.1 Å². The maximum atomic E-state index is 12.4. The molecule has 0 unspecified atom stereocenters. The first-order valence-corrected chi connectivity index (χ1v) is 10.4. The Kier molecular flexibility index (Phi) is 5.58. The van der Waals surface area contributed by atoms with E-state index in [-0.39, 0.29) is 22.9 Å². The highest BCUT2D eigenvalue weighted by atomic mass is 32.2. The summed E-state index contributed by atoms with van der Waals surface area (Å²) < 4.78 is 33.5. The number of nitrogens with zero attached hydrogens (tertiary/aromatic N) is 4. The Labute approximate surface area is 168 Å². The molecule has 0 saturated carbocycles. The van der Waals surface area contributed by atoms with E-state index in [1.807, 2.05) is 18.4 Å². The van der Waals surface area contributed by atoms with E-state index in [9.17, 15) is 18.5 Å². The Balaban J connectivity index is 1.98. The average molecular weight is 418 g/mol. The summed E-state index contributed by atoms with van der Waals surface area (Å²) >= 11 is 0. The Morgan fingerprint density at radius 1 is 1.21 bits per heavy atom. The van der Waals surface area contributed by atoms with Gasteiger partial charge in [-0.15, -0.1) is 0 Å². The van der Waals surface area contributed by atoms with E-state index < -0.39 is 14.9 Å². The Morgan fingerprint density at radius 2 is 1.93 bits per heavy atom. The fraction of sp³-hybridized carbons (Fsp3) is 0.316. The lowest BCUT2D eigenvalue weighted by molar-refractivity contribution is -0.386. The van der Waals surface area contributed by atoms with Crippen LogP contribution in [0.1, 0.15) is 18.3 Å². The van der Waals surface area contributed by atoms with Crippen LogP contribution in [0, 0.1) is 17.0 Å². The van der Waals surface area contributed by atoms with Crippen LogP contribution in [-0.4, -0.2) is 41.3 Å². The second-order valence-corrected chi connectivity index (χ2v) is 8.88. The first-order valence-electron chi connectivity index (χ1n) is 8.94. The maximum absolute atomic E-state index is 12.4. The lowest BCUT2D eigenvalue weighted by atomic mass is 10.2. The topological polar surface area (TPSA) is 108 Å². The van der Waals surface area contributed by atoms with Crippen LogP contribution in [0.15, 0.2) is 41.3 Å². The molecule has 0 N–H and O–H groups in total. The molecule has 0 saturated heterocycles. The van der Waals surface area contributed by atoms with Gasteiger partial charge in [0.1, 0.15) is 12.4 Å². The number of fused-ring (bicyclic) bond motifs is 1. The Hall–Kier alpha value is -2.98. The van der Waals surface area contributed by atoms with Crippen LogP contribution in [0.25, 0.3) is 11.0 Å². The Morgan fingerprint density at radius 3 is 2.55 bits per heavy atom. The number of hydrogen-bond acceptors (Lipinski definition) is 6. The lowest BCUT2D eigenvalue weighted by Gasteiger charge is -2.11. The molecule has 0 spiro atoms. The molecule has 0 fully saturated rings. The minimum Gasteiger partial charge on any atom is -0.479 e. The molecule has 0 radical (unpaired) electrons. The van der Waals surface area contributed by atoms with Gasteiger partial charge in [-0.3, -0.25) is 10.1 Å². The molecular weight excluding hydrogens is 396 g/mol. The van der Waals surface area contributed by atoms with Gasteiger partial charge >= 0.3 is 5.69 Å². The summed E-state index contributed by atoms with van der Waals surface area (Å²) in [6.07, 6.45) is 0. The summed E-state index contributed by atoms with van der Waals surface area (Å²) in [6.45, 7) is 4.36. The van der Waals surface area contributed by atoms with E-state index in [0.29, 0.717) is 17.9 Å². The number of benzene rings is 2. The summed E-state index contributed by atoms with van der Waals surface area (Å²) in [7, 11) is -0.635. The third-order valence-corrected chi connectivity index (χ3v) is 6.37. The highest BCUT2D eigenvalue weighted by molar-refractivity contribution is 7.89. The zero-order valence-electron chi connectivity index (χ0n) is 16.6. The molecule has 3 aromatic rings. The molecule has 1 aromatic heterocycles. The monoisotopic (exact) mass is 418 g/mol. The quantitative estimate of drug-likeness (QED) is 0.431. The summed E-state index contributed by atoms with van der Waals surface area (Å²) in [5.41, 5.74) is 2.01. The number of imidazole rings is 1. The molecule has 154 valence electrons. The van der Waals surface area contributed by atoms with E-state index >= 15 is 0 Å². The molecule has 2 aromatic carbocycles. The van der Waals surface area contributed by atoms with Gasteiger partial charge in [0, 0.05) is 26.7 Å². The van der Waals surface area contributed by atoms with Crippen LogP contribution in [0.4, 0.5) is 5.69 Å². The van der Waals surface area contributed by atoms with Crippen molar-refractivity contribution in [3.8, 4) is 5.75 Å². The fourth-order valence-corrected chi connectivity index (χ4v) is 3.95. The van der Waals surface area contributed by atoms with E-state index in [2.05, 4.69) is 4.98 Å². The summed E-state index contributed by atoms with van der Waals surface area (Å²) in [5, 5.41) is 11.2. The molecule has 9 nitrogen and oxygen atoms in total. The molecule has 10 heteroatoms. The average Bonchev–Trinajstić information content (AvgIpc) is 3.02. The predicted octanol–water partition coefficient (Wildman–Crippen LogP) is 3.10. The molecule has 29 heavy (non-hydrogen) atoms. The highest BCUT2D eigenvalue weighted by Gasteiger charge is 2.20. The number of rotatable bonds is 7. The molecule has 0 atom stereocenters. The standard InChI is InChI=1S/C19H22N4O5S/c1-5-22-16-9-7-14(29(26,27)21(3)4)11-15(16)20-19(22)12-28-18-10-13(2)6-8-17(18)23(24)25/h6-11H,5,12H2,1-4H3. The van der Waals surface area contributed by atoms with Crippen molar-refractivity contribution in [2.24, 2.45) is 0 Å². The van der Waals surface area contributed by atoms with E-state index in [4.69, 9.17) is 4.74 Å². The molecule has 0 bridgehead atoms. The SMILES string of the molecule is CCn1c(COc2cc(C)ccc2[N+](=O)[O-])nc2cc(S(=O)(=O)N(C)C)ccc21. The minimum atomic E-state index is -3.58. The fourth-order valence-electron chi connectivity index (χ4n) is 3.02. The largest absolute Gasteiger partial charge is 0.479 e. The summed E-state index contributed by atoms with van der Waals surface area (Å²) in [4.78, 5) is 15.4. The van der Waals surface area contributed by atoms with Crippen molar-refractivity contribution in [2.45, 2.75) is 31.9 Å². The van der Waals surface area contributed by atoms with Gasteiger partial charge < -0.3 is 9.30 Å². The second-order valence-electron chi connectivity index (χ2n) is 6.73. The van der Waals surface area contributed by atoms with Crippen LogP contribution in [0.3, 0.4) is 0 Å². The van der Waals surface area contributed by atoms with E-state index in [1.54, 1.807) is 24.3 Å². The molecular formula is C19H22N4O5S. The normalized spacial score (nSPS) is 11.9. The number of nitro groups is 1. The van der Waals surface area contributed by atoms with Crippen LogP contribution < -0.4 is 4.74 Å². The first kappa shape index (κ1) is 20.7. The van der Waals surface area contributed by atoms with Crippen LogP contribution in [0.5, 0.6) is 5.75 Å². The molecule has 3 rings (SSSR count). The second kappa shape index (κ2) is 7.80. The molecule has 0 aliphatic rings. The number of ether oxygens (including phenoxy) is 1.